The molecule has 0 bridgehead atoms. The van der Waals surface area contributed by atoms with Gasteiger partial charge in [0.2, 0.25) is 0 Å². The van der Waals surface area contributed by atoms with Crippen molar-refractivity contribution in [1.29, 1.82) is 0 Å². The zero-order valence-electron chi connectivity index (χ0n) is 13.5. The number of anilines is 1. The summed E-state index contributed by atoms with van der Waals surface area (Å²) >= 11 is 0. The number of hydrogen-bond acceptors (Lipinski definition) is 5. The molecule has 1 saturated heterocycles. The maximum absolute atomic E-state index is 12.3. The number of aromatic nitrogens is 4. The van der Waals surface area contributed by atoms with Gasteiger partial charge >= 0.3 is 0 Å². The average Bonchev–Trinajstić information content (AvgIpc) is 3.07. The van der Waals surface area contributed by atoms with Gasteiger partial charge in [0, 0.05) is 18.0 Å². The Balaban J connectivity index is 1.54. The van der Waals surface area contributed by atoms with Crippen LogP contribution in [0.3, 0.4) is 0 Å². The Kier molecular flexibility index (Phi) is 4.22. The van der Waals surface area contributed by atoms with E-state index in [0.717, 1.165) is 19.8 Å². The molecular weight excluding hydrogens is 318 g/mol. The Morgan fingerprint density at radius 1 is 1.16 bits per heavy atom. The van der Waals surface area contributed by atoms with Crippen molar-refractivity contribution < 1.29 is 9.53 Å². The monoisotopic (exact) mass is 335 g/mol. The number of nitrogens with zero attached hydrogens (tertiary/aromatic N) is 4. The molecule has 1 fully saturated rings. The predicted octanol–water partition coefficient (Wildman–Crippen LogP) is 2.24. The SMILES string of the molecule is O=C(Nc1cccc(-c2nncn2CC2COC2)n1)c1ccccc1. The lowest BCUT2D eigenvalue weighted by molar-refractivity contribution is -0.0392. The maximum atomic E-state index is 12.3. The molecule has 0 atom stereocenters. The summed E-state index contributed by atoms with van der Waals surface area (Å²) in [6.45, 7) is 2.32. The number of nitrogens with one attached hydrogen (secondary N) is 1. The van der Waals surface area contributed by atoms with Gasteiger partial charge in [0.25, 0.3) is 5.91 Å². The first-order valence-corrected chi connectivity index (χ1v) is 8.09. The second-order valence-electron chi connectivity index (χ2n) is 5.94. The van der Waals surface area contributed by atoms with Crippen LogP contribution in [0.1, 0.15) is 10.4 Å². The second-order valence-corrected chi connectivity index (χ2v) is 5.94. The van der Waals surface area contributed by atoms with E-state index in [-0.39, 0.29) is 5.91 Å². The molecular formula is C18H17N5O2. The maximum Gasteiger partial charge on any atom is 0.256 e. The molecule has 4 rings (SSSR count). The molecule has 1 aliphatic rings. The molecule has 3 heterocycles. The lowest BCUT2D eigenvalue weighted by Crippen LogP contribution is -2.31. The van der Waals surface area contributed by atoms with Gasteiger partial charge in [-0.1, -0.05) is 24.3 Å². The highest BCUT2D eigenvalue weighted by molar-refractivity contribution is 6.03. The molecule has 1 aromatic carbocycles. The minimum Gasteiger partial charge on any atom is -0.381 e. The Hall–Kier alpha value is -3.06. The van der Waals surface area contributed by atoms with Crippen LogP contribution in [0.5, 0.6) is 0 Å². The molecule has 3 aromatic rings. The molecule has 0 unspecified atom stereocenters. The van der Waals surface area contributed by atoms with Crippen molar-refractivity contribution in [3.8, 4) is 11.5 Å². The van der Waals surface area contributed by atoms with Crippen molar-refractivity contribution in [1.82, 2.24) is 19.7 Å². The van der Waals surface area contributed by atoms with Gasteiger partial charge in [-0.25, -0.2) is 4.98 Å². The van der Waals surface area contributed by atoms with Gasteiger partial charge in [-0.15, -0.1) is 10.2 Å². The number of carbonyl (C=O) groups is 1. The number of ether oxygens (including phenoxy) is 1. The molecule has 25 heavy (non-hydrogen) atoms. The third-order valence-corrected chi connectivity index (χ3v) is 4.03. The van der Waals surface area contributed by atoms with Crippen LogP contribution in [0.4, 0.5) is 5.82 Å². The van der Waals surface area contributed by atoms with E-state index >= 15 is 0 Å². The standard InChI is InChI=1S/C18H17N5O2/c24-18(14-5-2-1-3-6-14)21-16-8-4-7-15(20-16)17-22-19-12-23(17)9-13-10-25-11-13/h1-8,12-13H,9-11H2,(H,20,21,24). The van der Waals surface area contributed by atoms with E-state index in [2.05, 4.69) is 20.5 Å². The highest BCUT2D eigenvalue weighted by Crippen LogP contribution is 2.20. The fourth-order valence-corrected chi connectivity index (χ4v) is 2.66. The number of rotatable bonds is 5. The third kappa shape index (κ3) is 3.41. The summed E-state index contributed by atoms with van der Waals surface area (Å²) in [7, 11) is 0. The number of amides is 1. The molecule has 126 valence electrons. The van der Waals surface area contributed by atoms with Gasteiger partial charge in [0.1, 0.15) is 17.8 Å². The highest BCUT2D eigenvalue weighted by atomic mass is 16.5. The van der Waals surface area contributed by atoms with Crippen LogP contribution in [-0.4, -0.2) is 38.9 Å². The molecule has 0 spiro atoms. The highest BCUT2D eigenvalue weighted by Gasteiger charge is 2.21. The summed E-state index contributed by atoms with van der Waals surface area (Å²) in [5.74, 6) is 1.45. The largest absolute Gasteiger partial charge is 0.381 e. The number of hydrogen-bond donors (Lipinski definition) is 1. The van der Waals surface area contributed by atoms with E-state index in [4.69, 9.17) is 4.74 Å². The topological polar surface area (TPSA) is 81.9 Å². The van der Waals surface area contributed by atoms with Crippen molar-refractivity contribution in [3.63, 3.8) is 0 Å². The third-order valence-electron chi connectivity index (χ3n) is 4.03. The van der Waals surface area contributed by atoms with E-state index in [9.17, 15) is 4.79 Å². The van der Waals surface area contributed by atoms with Crippen molar-refractivity contribution in [2.45, 2.75) is 6.54 Å². The molecule has 7 heteroatoms. The Labute approximate surface area is 144 Å². The van der Waals surface area contributed by atoms with E-state index < -0.39 is 0 Å². The minimum absolute atomic E-state index is 0.196. The van der Waals surface area contributed by atoms with Gasteiger partial charge < -0.3 is 14.6 Å². The summed E-state index contributed by atoms with van der Waals surface area (Å²) in [6.07, 6.45) is 1.70. The molecule has 0 saturated carbocycles. The molecule has 1 N–H and O–H groups in total. The van der Waals surface area contributed by atoms with E-state index in [1.165, 1.54) is 0 Å². The summed E-state index contributed by atoms with van der Waals surface area (Å²) in [5, 5.41) is 11.0. The van der Waals surface area contributed by atoms with Crippen LogP contribution in [0, 0.1) is 5.92 Å². The van der Waals surface area contributed by atoms with Crippen LogP contribution < -0.4 is 5.32 Å². The first-order chi connectivity index (χ1) is 12.3. The van der Waals surface area contributed by atoms with Crippen LogP contribution in [0.25, 0.3) is 11.5 Å². The summed E-state index contributed by atoms with van der Waals surface area (Å²) in [4.78, 5) is 16.8. The first-order valence-electron chi connectivity index (χ1n) is 8.09. The normalized spacial score (nSPS) is 14.1. The van der Waals surface area contributed by atoms with E-state index in [0.29, 0.717) is 28.8 Å². The average molecular weight is 335 g/mol. The van der Waals surface area contributed by atoms with Crippen LogP contribution in [-0.2, 0) is 11.3 Å². The molecule has 2 aromatic heterocycles. The quantitative estimate of drug-likeness (QED) is 0.773. The smallest absolute Gasteiger partial charge is 0.256 e. The zero-order valence-corrected chi connectivity index (χ0v) is 13.5. The fraction of sp³-hybridized carbons (Fsp3) is 0.222. The first kappa shape index (κ1) is 15.5. The minimum atomic E-state index is -0.196. The van der Waals surface area contributed by atoms with Gasteiger partial charge in [-0.3, -0.25) is 4.79 Å². The molecule has 0 radical (unpaired) electrons. The van der Waals surface area contributed by atoms with Crippen molar-refractivity contribution >= 4 is 11.7 Å². The number of pyridine rings is 1. The van der Waals surface area contributed by atoms with Crippen LogP contribution >= 0.6 is 0 Å². The lowest BCUT2D eigenvalue weighted by atomic mass is 10.1. The van der Waals surface area contributed by atoms with E-state index in [1.807, 2.05) is 34.9 Å². The van der Waals surface area contributed by atoms with Gasteiger partial charge in [-0.05, 0) is 24.3 Å². The van der Waals surface area contributed by atoms with Gasteiger partial charge in [0.15, 0.2) is 5.82 Å². The fourth-order valence-electron chi connectivity index (χ4n) is 2.66. The van der Waals surface area contributed by atoms with E-state index in [1.54, 1.807) is 24.5 Å². The summed E-state index contributed by atoms with van der Waals surface area (Å²) in [6, 6.07) is 14.5. The Morgan fingerprint density at radius 2 is 2.00 bits per heavy atom. The Bertz CT molecular complexity index is 874. The summed E-state index contributed by atoms with van der Waals surface area (Å²) < 4.78 is 7.19. The summed E-state index contributed by atoms with van der Waals surface area (Å²) in [5.41, 5.74) is 1.26. The lowest BCUT2D eigenvalue weighted by Gasteiger charge is -2.26. The number of benzene rings is 1. The molecule has 1 aliphatic heterocycles. The molecule has 0 aliphatic carbocycles. The van der Waals surface area contributed by atoms with Crippen molar-refractivity contribution in [2.24, 2.45) is 5.92 Å². The second kappa shape index (κ2) is 6.82. The van der Waals surface area contributed by atoms with Gasteiger partial charge in [0.05, 0.1) is 13.2 Å². The molecule has 1 amide bonds. The van der Waals surface area contributed by atoms with Crippen molar-refractivity contribution in [2.75, 3.05) is 18.5 Å². The zero-order chi connectivity index (χ0) is 17.1. The van der Waals surface area contributed by atoms with Crippen LogP contribution in [0.2, 0.25) is 0 Å². The van der Waals surface area contributed by atoms with Crippen molar-refractivity contribution in [3.05, 3.63) is 60.4 Å². The number of carbonyl (C=O) groups excluding carboxylic acids is 1. The Morgan fingerprint density at radius 3 is 2.76 bits per heavy atom. The van der Waals surface area contributed by atoms with Crippen LogP contribution in [0.15, 0.2) is 54.9 Å². The predicted molar refractivity (Wildman–Crippen MR) is 92.0 cm³/mol. The van der Waals surface area contributed by atoms with Gasteiger partial charge in [-0.2, -0.15) is 0 Å². The molecule has 7 nitrogen and oxygen atoms in total.